The van der Waals surface area contributed by atoms with Crippen molar-refractivity contribution < 1.29 is 13.2 Å². The molecule has 4 nitrogen and oxygen atoms in total. The maximum atomic E-state index is 11.8. The summed E-state index contributed by atoms with van der Waals surface area (Å²) in [6.45, 7) is -0.191. The predicted octanol–water partition coefficient (Wildman–Crippen LogP) is 1.88. The van der Waals surface area contributed by atoms with E-state index >= 15 is 0 Å². The third-order valence-electron chi connectivity index (χ3n) is 1.59. The monoisotopic (exact) mass is 220 g/mol. The molecule has 0 aliphatic carbocycles. The van der Waals surface area contributed by atoms with Crippen LogP contribution in [0.5, 0.6) is 0 Å². The number of hydrogen-bond donors (Lipinski definition) is 2. The molecule has 0 spiro atoms. The van der Waals surface area contributed by atoms with E-state index in [0.717, 1.165) is 0 Å². The second-order valence-electron chi connectivity index (χ2n) is 2.81. The van der Waals surface area contributed by atoms with Crippen LogP contribution in [0.4, 0.5) is 24.9 Å². The molecular formula is C8H11F3N4. The number of alkyl halides is 3. The summed E-state index contributed by atoms with van der Waals surface area (Å²) in [5, 5.41) is 5.25. The van der Waals surface area contributed by atoms with Crippen molar-refractivity contribution in [2.75, 3.05) is 24.2 Å². The molecule has 1 heterocycles. The fourth-order valence-electron chi connectivity index (χ4n) is 0.910. The van der Waals surface area contributed by atoms with E-state index in [-0.39, 0.29) is 6.54 Å². The van der Waals surface area contributed by atoms with Crippen LogP contribution >= 0.6 is 0 Å². The van der Waals surface area contributed by atoms with Gasteiger partial charge in [-0.25, -0.2) is 4.98 Å². The average molecular weight is 220 g/mol. The van der Waals surface area contributed by atoms with Crippen molar-refractivity contribution >= 4 is 11.8 Å². The summed E-state index contributed by atoms with van der Waals surface area (Å²) in [6, 6.07) is 1.51. The van der Waals surface area contributed by atoms with Gasteiger partial charge >= 0.3 is 6.18 Å². The molecule has 1 aromatic heterocycles. The number of aromatic nitrogens is 2. The molecule has 7 heteroatoms. The molecule has 0 saturated heterocycles. The van der Waals surface area contributed by atoms with Gasteiger partial charge in [-0.1, -0.05) is 0 Å². The fourth-order valence-corrected chi connectivity index (χ4v) is 0.910. The van der Waals surface area contributed by atoms with E-state index in [9.17, 15) is 13.2 Å². The molecule has 0 fully saturated rings. The Labute approximate surface area is 84.9 Å². The Morgan fingerprint density at radius 3 is 2.73 bits per heavy atom. The van der Waals surface area contributed by atoms with Gasteiger partial charge in [-0.2, -0.15) is 18.2 Å². The standard InChI is InChI=1S/C8H11F3N4/c1-12-7-14-4-2-6(15-7)13-5-3-8(9,10)11/h2,4H,3,5H2,1H3,(H2,12,13,14,15). The maximum absolute atomic E-state index is 11.8. The van der Waals surface area contributed by atoms with Crippen molar-refractivity contribution in [2.45, 2.75) is 12.6 Å². The first-order valence-corrected chi connectivity index (χ1v) is 4.33. The molecule has 0 amide bonds. The molecule has 1 aromatic rings. The first-order chi connectivity index (χ1) is 7.01. The van der Waals surface area contributed by atoms with E-state index in [2.05, 4.69) is 20.6 Å². The van der Waals surface area contributed by atoms with Crippen molar-refractivity contribution in [3.8, 4) is 0 Å². The lowest BCUT2D eigenvalue weighted by Gasteiger charge is -2.08. The van der Waals surface area contributed by atoms with Crippen molar-refractivity contribution in [1.29, 1.82) is 0 Å². The van der Waals surface area contributed by atoms with Crippen molar-refractivity contribution in [3.05, 3.63) is 12.3 Å². The molecule has 0 aliphatic heterocycles. The minimum Gasteiger partial charge on any atom is -0.370 e. The van der Waals surface area contributed by atoms with Gasteiger partial charge in [0, 0.05) is 19.8 Å². The fraction of sp³-hybridized carbons (Fsp3) is 0.500. The van der Waals surface area contributed by atoms with Crippen LogP contribution in [0, 0.1) is 0 Å². The van der Waals surface area contributed by atoms with E-state index in [1.165, 1.54) is 12.3 Å². The second-order valence-corrected chi connectivity index (χ2v) is 2.81. The molecule has 0 atom stereocenters. The molecule has 0 radical (unpaired) electrons. The first kappa shape index (κ1) is 11.5. The topological polar surface area (TPSA) is 49.8 Å². The minimum atomic E-state index is -4.15. The van der Waals surface area contributed by atoms with E-state index in [0.29, 0.717) is 11.8 Å². The highest BCUT2D eigenvalue weighted by atomic mass is 19.4. The average Bonchev–Trinajstić information content (AvgIpc) is 2.16. The lowest BCUT2D eigenvalue weighted by molar-refractivity contribution is -0.131. The Balaban J connectivity index is 2.44. The Kier molecular flexibility index (Phi) is 3.70. The molecule has 15 heavy (non-hydrogen) atoms. The van der Waals surface area contributed by atoms with Crippen LogP contribution in [-0.2, 0) is 0 Å². The predicted molar refractivity (Wildman–Crippen MR) is 50.7 cm³/mol. The largest absolute Gasteiger partial charge is 0.390 e. The Morgan fingerprint density at radius 1 is 1.40 bits per heavy atom. The van der Waals surface area contributed by atoms with Gasteiger partial charge in [0.15, 0.2) is 0 Å². The number of nitrogens with one attached hydrogen (secondary N) is 2. The van der Waals surface area contributed by atoms with Crippen LogP contribution in [0.2, 0.25) is 0 Å². The zero-order valence-electron chi connectivity index (χ0n) is 8.10. The lowest BCUT2D eigenvalue weighted by Crippen LogP contribution is -2.15. The normalized spacial score (nSPS) is 11.2. The summed E-state index contributed by atoms with van der Waals surface area (Å²) in [5.41, 5.74) is 0. The zero-order valence-corrected chi connectivity index (χ0v) is 8.10. The van der Waals surface area contributed by atoms with Crippen LogP contribution in [0.3, 0.4) is 0 Å². The van der Waals surface area contributed by atoms with Crippen LogP contribution in [0.1, 0.15) is 6.42 Å². The van der Waals surface area contributed by atoms with Gasteiger partial charge < -0.3 is 10.6 Å². The number of rotatable bonds is 4. The lowest BCUT2D eigenvalue weighted by atomic mass is 10.4. The van der Waals surface area contributed by atoms with Crippen LogP contribution in [0.15, 0.2) is 12.3 Å². The summed E-state index contributed by atoms with van der Waals surface area (Å²) >= 11 is 0. The molecule has 0 saturated carbocycles. The van der Waals surface area contributed by atoms with E-state index in [1.807, 2.05) is 0 Å². The molecule has 2 N–H and O–H groups in total. The SMILES string of the molecule is CNc1nccc(NCCC(F)(F)F)n1. The highest BCUT2D eigenvalue weighted by Crippen LogP contribution is 2.19. The van der Waals surface area contributed by atoms with E-state index < -0.39 is 12.6 Å². The Bertz CT molecular complexity index is 313. The van der Waals surface area contributed by atoms with Gasteiger partial charge in [-0.3, -0.25) is 0 Å². The molecule has 84 valence electrons. The van der Waals surface area contributed by atoms with Crippen LogP contribution in [-0.4, -0.2) is 29.7 Å². The summed E-state index contributed by atoms with van der Waals surface area (Å²) in [4.78, 5) is 7.74. The van der Waals surface area contributed by atoms with Gasteiger partial charge in [-0.05, 0) is 6.07 Å². The smallest absolute Gasteiger partial charge is 0.370 e. The Morgan fingerprint density at radius 2 is 2.13 bits per heavy atom. The first-order valence-electron chi connectivity index (χ1n) is 4.33. The third-order valence-corrected chi connectivity index (χ3v) is 1.59. The van der Waals surface area contributed by atoms with Gasteiger partial charge in [0.1, 0.15) is 5.82 Å². The Hall–Kier alpha value is -1.53. The molecule has 0 unspecified atom stereocenters. The van der Waals surface area contributed by atoms with Gasteiger partial charge in [0.05, 0.1) is 6.42 Å². The number of hydrogen-bond acceptors (Lipinski definition) is 4. The number of halogens is 3. The quantitative estimate of drug-likeness (QED) is 0.813. The molecule has 1 rings (SSSR count). The molecular weight excluding hydrogens is 209 g/mol. The summed E-state index contributed by atoms with van der Waals surface area (Å²) in [7, 11) is 1.63. The van der Waals surface area contributed by atoms with Gasteiger partial charge in [0.25, 0.3) is 0 Å². The molecule has 0 aromatic carbocycles. The van der Waals surface area contributed by atoms with Gasteiger partial charge in [0.2, 0.25) is 5.95 Å². The zero-order chi connectivity index (χ0) is 11.3. The van der Waals surface area contributed by atoms with E-state index in [4.69, 9.17) is 0 Å². The number of nitrogens with zero attached hydrogens (tertiary/aromatic N) is 2. The van der Waals surface area contributed by atoms with Crippen LogP contribution in [0.25, 0.3) is 0 Å². The molecule has 0 aliphatic rings. The highest BCUT2D eigenvalue weighted by Gasteiger charge is 2.26. The number of anilines is 2. The summed E-state index contributed by atoms with van der Waals surface area (Å²) in [6.07, 6.45) is -3.56. The third kappa shape index (κ3) is 4.48. The minimum absolute atomic E-state index is 0.191. The van der Waals surface area contributed by atoms with Crippen molar-refractivity contribution in [2.24, 2.45) is 0 Å². The van der Waals surface area contributed by atoms with Crippen molar-refractivity contribution in [3.63, 3.8) is 0 Å². The summed E-state index contributed by atoms with van der Waals surface area (Å²) < 4.78 is 35.5. The molecule has 0 bridgehead atoms. The van der Waals surface area contributed by atoms with E-state index in [1.54, 1.807) is 7.05 Å². The highest BCUT2D eigenvalue weighted by molar-refractivity contribution is 5.38. The van der Waals surface area contributed by atoms with Crippen molar-refractivity contribution in [1.82, 2.24) is 9.97 Å². The second kappa shape index (κ2) is 4.81. The van der Waals surface area contributed by atoms with Gasteiger partial charge in [-0.15, -0.1) is 0 Å². The maximum Gasteiger partial charge on any atom is 0.390 e. The summed E-state index contributed by atoms with van der Waals surface area (Å²) in [5.74, 6) is 0.741. The van der Waals surface area contributed by atoms with Crippen LogP contribution < -0.4 is 10.6 Å².